The topological polar surface area (TPSA) is 108 Å². The zero-order valence-corrected chi connectivity index (χ0v) is 36.3. The largest absolute Gasteiger partial charge is 0.493 e. The highest BCUT2D eigenvalue weighted by Gasteiger charge is 2.35. The molecule has 1 unspecified atom stereocenters. The number of rotatable bonds is 16. The van der Waals surface area contributed by atoms with Gasteiger partial charge in [-0.3, -0.25) is 4.68 Å². The van der Waals surface area contributed by atoms with Crippen molar-refractivity contribution in [2.75, 3.05) is 32.7 Å². The molecule has 59 heavy (non-hydrogen) atoms. The number of carbonyl (C=O) groups excluding carboxylic acids is 1. The molecule has 1 fully saturated rings. The van der Waals surface area contributed by atoms with Gasteiger partial charge < -0.3 is 28.8 Å². The Morgan fingerprint density at radius 3 is 2.54 bits per heavy atom. The lowest BCUT2D eigenvalue weighted by Crippen LogP contribution is -2.37. The maximum Gasteiger partial charge on any atom is 0.410 e. The van der Waals surface area contributed by atoms with Gasteiger partial charge in [0.15, 0.2) is 0 Å². The van der Waals surface area contributed by atoms with Gasteiger partial charge in [-0.15, -0.1) is 11.6 Å². The van der Waals surface area contributed by atoms with Gasteiger partial charge >= 0.3 is 12.1 Å². The molecule has 3 heterocycles. The van der Waals surface area contributed by atoms with Crippen LogP contribution in [-0.2, 0) is 35.9 Å². The normalized spacial score (nSPS) is 14.4. The molecule has 3 aromatic carbocycles. The molecule has 6 rings (SSSR count). The molecule has 1 aliphatic heterocycles. The van der Waals surface area contributed by atoms with Gasteiger partial charge in [0.05, 0.1) is 28.9 Å². The van der Waals surface area contributed by atoms with Crippen molar-refractivity contribution in [3.8, 4) is 16.9 Å². The van der Waals surface area contributed by atoms with Gasteiger partial charge in [-0.05, 0) is 113 Å². The number of ether oxygens (including phenoxy) is 3. The van der Waals surface area contributed by atoms with Gasteiger partial charge in [-0.25, -0.2) is 14.0 Å². The first kappa shape index (κ1) is 44.0. The number of hydrogen-bond donors (Lipinski definition) is 1. The van der Waals surface area contributed by atoms with Crippen molar-refractivity contribution >= 4 is 56.9 Å². The minimum atomic E-state index is -1.07. The van der Waals surface area contributed by atoms with Crippen molar-refractivity contribution in [1.29, 1.82) is 0 Å². The van der Waals surface area contributed by atoms with Crippen molar-refractivity contribution in [1.82, 2.24) is 19.2 Å². The van der Waals surface area contributed by atoms with Crippen LogP contribution >= 0.6 is 23.2 Å². The molecule has 1 aliphatic rings. The van der Waals surface area contributed by atoms with Gasteiger partial charge in [0.25, 0.3) is 0 Å². The molecule has 1 atom stereocenters. The number of alkyl halides is 1. The van der Waals surface area contributed by atoms with Crippen molar-refractivity contribution < 1.29 is 33.3 Å². The highest BCUT2D eigenvalue weighted by molar-refractivity contribution is 6.35. The summed E-state index contributed by atoms with van der Waals surface area (Å²) in [6.07, 6.45) is 8.04. The fourth-order valence-corrected chi connectivity index (χ4v) is 8.70. The Kier molecular flexibility index (Phi) is 14.3. The molecular weight excluding hydrogens is 794 g/mol. The van der Waals surface area contributed by atoms with Crippen LogP contribution in [0.1, 0.15) is 93.3 Å². The van der Waals surface area contributed by atoms with E-state index in [1.165, 1.54) is 12.1 Å². The lowest BCUT2D eigenvalue weighted by molar-refractivity contribution is 0.0187. The van der Waals surface area contributed by atoms with Crippen molar-refractivity contribution in [2.24, 2.45) is 13.0 Å². The Morgan fingerprint density at radius 2 is 1.85 bits per heavy atom. The van der Waals surface area contributed by atoms with E-state index in [2.05, 4.69) is 6.92 Å². The maximum atomic E-state index is 13.9. The van der Waals surface area contributed by atoms with E-state index in [-0.39, 0.29) is 23.9 Å². The monoisotopic (exact) mass is 848 g/mol. The first-order chi connectivity index (χ1) is 28.2. The van der Waals surface area contributed by atoms with Crippen LogP contribution in [0.4, 0.5) is 9.18 Å². The summed E-state index contributed by atoms with van der Waals surface area (Å²) in [6.45, 7) is 9.54. The number of hydrogen-bond acceptors (Lipinski definition) is 6. The molecule has 0 radical (unpaired) electrons. The maximum absolute atomic E-state index is 13.9. The third-order valence-electron chi connectivity index (χ3n) is 11.1. The van der Waals surface area contributed by atoms with Gasteiger partial charge in [0.2, 0.25) is 0 Å². The molecular formula is C46H55Cl2FN4O6. The summed E-state index contributed by atoms with van der Waals surface area (Å²) in [7, 11) is 3.65. The molecule has 0 saturated carbocycles. The van der Waals surface area contributed by atoms with Crippen LogP contribution in [0.5, 0.6) is 5.75 Å². The second kappa shape index (κ2) is 19.2. The van der Waals surface area contributed by atoms with Crippen LogP contribution in [0, 0.1) is 11.7 Å². The fraction of sp³-hybridized carbons (Fsp3) is 0.457. The molecule has 10 nitrogen and oxygen atoms in total. The van der Waals surface area contributed by atoms with Crippen molar-refractivity contribution in [3.05, 3.63) is 94.2 Å². The number of aryl methyl sites for hydroxylation is 2. The van der Waals surface area contributed by atoms with Crippen molar-refractivity contribution in [2.45, 2.75) is 90.8 Å². The van der Waals surface area contributed by atoms with Crippen LogP contribution < -0.4 is 4.74 Å². The number of carboxylic acids is 1. The predicted molar refractivity (Wildman–Crippen MR) is 233 cm³/mol. The smallest absolute Gasteiger partial charge is 0.410 e. The first-order valence-corrected chi connectivity index (χ1v) is 21.3. The molecule has 0 aliphatic carbocycles. The quantitative estimate of drug-likeness (QED) is 0.0598. The Labute approximate surface area is 355 Å². The molecule has 5 aromatic rings. The summed E-state index contributed by atoms with van der Waals surface area (Å²) >= 11 is 13.4. The molecule has 0 bridgehead atoms. The highest BCUT2D eigenvalue weighted by Crippen LogP contribution is 2.45. The summed E-state index contributed by atoms with van der Waals surface area (Å²) < 4.78 is 35.4. The number of amides is 1. The van der Waals surface area contributed by atoms with E-state index >= 15 is 0 Å². The van der Waals surface area contributed by atoms with E-state index < -0.39 is 23.7 Å². The van der Waals surface area contributed by atoms with E-state index in [1.807, 2.05) is 73.5 Å². The summed E-state index contributed by atoms with van der Waals surface area (Å²) in [5, 5.41) is 18.8. The Balaban J connectivity index is 1.48. The number of carboxylic acid groups (broad SMARTS) is 1. The SMILES string of the molecule is CCc1c(-c2c(Cl)ccc3c(CCCOc4cccc5cc(F)ccc45)c(C(=O)O)n(C/C=C/CCl)c23)c(C(CCC2CCOCC2)N(C)C(=O)OC(C)(C)C)nn1C. The van der Waals surface area contributed by atoms with Crippen LogP contribution in [0.2, 0.25) is 5.02 Å². The molecule has 1 saturated heterocycles. The molecule has 13 heteroatoms. The molecule has 316 valence electrons. The molecule has 1 N–H and O–H groups in total. The molecule has 1 amide bonds. The van der Waals surface area contributed by atoms with E-state index in [0.29, 0.717) is 84.5 Å². The van der Waals surface area contributed by atoms with Gasteiger partial charge in [-0.1, -0.05) is 48.9 Å². The lowest BCUT2D eigenvalue weighted by atomic mass is 9.89. The minimum Gasteiger partial charge on any atom is -0.493 e. The number of fused-ring (bicyclic) bond motifs is 2. The number of aromatic nitrogens is 3. The second-order valence-corrected chi connectivity index (χ2v) is 16.9. The van der Waals surface area contributed by atoms with E-state index in [1.54, 1.807) is 24.1 Å². The van der Waals surface area contributed by atoms with Crippen LogP contribution in [0.25, 0.3) is 32.8 Å². The Morgan fingerprint density at radius 1 is 1.10 bits per heavy atom. The van der Waals surface area contributed by atoms with Crippen LogP contribution in [0.3, 0.4) is 0 Å². The first-order valence-electron chi connectivity index (χ1n) is 20.4. The van der Waals surface area contributed by atoms with Gasteiger partial charge in [-0.2, -0.15) is 5.10 Å². The van der Waals surface area contributed by atoms with Crippen molar-refractivity contribution in [3.63, 3.8) is 0 Å². The Hall–Kier alpha value is -4.58. The van der Waals surface area contributed by atoms with Gasteiger partial charge in [0, 0.05) is 67.3 Å². The number of carbonyl (C=O) groups is 2. The second-order valence-electron chi connectivity index (χ2n) is 16.2. The average molecular weight is 850 g/mol. The minimum absolute atomic E-state index is 0.147. The molecule has 2 aromatic heterocycles. The zero-order valence-electron chi connectivity index (χ0n) is 34.8. The van der Waals surface area contributed by atoms with Crippen LogP contribution in [-0.4, -0.2) is 74.8 Å². The standard InChI is InChI=1S/C46H55Cl2FN4O6/c1-7-36-40(41(50-52(36)6)37(20-15-29-21-26-57-27-22-29)51(5)45(56)59-46(2,3)4)39-35(48)19-18-34-33(43(44(54)55)53(42(34)39)24-9-8-23-47)13-11-25-58-38-14-10-12-30-28-31(49)16-17-32(30)38/h8-10,12,14,16-19,28-29,37H,7,11,13,15,20-27H2,1-6H3,(H,54,55)/b9-8+. The summed E-state index contributed by atoms with van der Waals surface area (Å²) in [4.78, 5) is 28.9. The Bertz CT molecular complexity index is 2320. The fourth-order valence-electron chi connectivity index (χ4n) is 8.33. The number of halogens is 3. The number of benzene rings is 3. The summed E-state index contributed by atoms with van der Waals surface area (Å²) in [6, 6.07) is 13.3. The molecule has 0 spiro atoms. The van der Waals surface area contributed by atoms with E-state index in [9.17, 15) is 19.1 Å². The number of allylic oxidation sites excluding steroid dienone is 2. The predicted octanol–water partition coefficient (Wildman–Crippen LogP) is 11.2. The highest BCUT2D eigenvalue weighted by atomic mass is 35.5. The van der Waals surface area contributed by atoms with E-state index in [0.717, 1.165) is 46.7 Å². The van der Waals surface area contributed by atoms with Gasteiger partial charge in [0.1, 0.15) is 22.9 Å². The summed E-state index contributed by atoms with van der Waals surface area (Å²) in [5.41, 5.74) is 3.75. The zero-order chi connectivity index (χ0) is 42.4. The third kappa shape index (κ3) is 9.90. The summed E-state index contributed by atoms with van der Waals surface area (Å²) in [5.74, 6) is -0.0723. The van der Waals surface area contributed by atoms with Crippen LogP contribution in [0.15, 0.2) is 60.7 Å². The number of nitrogens with zero attached hydrogens (tertiary/aromatic N) is 4. The number of aromatic carboxylic acids is 1. The third-order valence-corrected chi connectivity index (χ3v) is 11.6. The van der Waals surface area contributed by atoms with E-state index in [4.69, 9.17) is 42.5 Å². The average Bonchev–Trinajstić information content (AvgIpc) is 3.69. The lowest BCUT2D eigenvalue weighted by Gasteiger charge is -2.32.